The fraction of sp³-hybridized carbons (Fsp3) is 0.469. The van der Waals surface area contributed by atoms with Crippen molar-refractivity contribution >= 4 is 3.21 Å². The summed E-state index contributed by atoms with van der Waals surface area (Å²) in [6, 6.07) is 15.1. The molecule has 2 aromatic rings. The Bertz CT molecular complexity index is 953. The third-order valence-corrected chi connectivity index (χ3v) is 7.80. The maximum absolute atomic E-state index is 3.53. The summed E-state index contributed by atoms with van der Waals surface area (Å²) in [4.78, 5) is 0. The molecule has 0 atom stereocenters. The molecule has 1 saturated carbocycles. The predicted octanol–water partition coefficient (Wildman–Crippen LogP) is 2.64. The standard InChI is InChI=1S/C21H25.C6H10.C5H5.2BrH.Zr/c1-20(2,3)16-9-7-14-11-15-8-10-17(21(4,5)6)13-19(15)18(14)12-16;1-2-4-6-5-3-1;1-2-4-5-3-1;;;/h7,9-10,12-13H,11H2,1-6H3;1-5H2;1-3H,4H2;2*1H;/q-1;;-1;;;+2/p-2. The number of rotatable bonds is 0. The molecular formula is C32H40Br2Zr-2. The van der Waals surface area contributed by atoms with Gasteiger partial charge >= 0.3 is 59.5 Å². The van der Waals surface area contributed by atoms with Crippen LogP contribution in [0.25, 0.3) is 11.1 Å². The molecule has 0 heterocycles. The molecule has 3 heteroatoms. The van der Waals surface area contributed by atoms with Crippen molar-refractivity contribution < 1.29 is 58.2 Å². The van der Waals surface area contributed by atoms with E-state index in [0.29, 0.717) is 0 Å². The van der Waals surface area contributed by atoms with Gasteiger partial charge in [0.1, 0.15) is 0 Å². The van der Waals surface area contributed by atoms with E-state index in [1.54, 1.807) is 27.4 Å². The number of halogens is 2. The summed E-state index contributed by atoms with van der Waals surface area (Å²) in [5, 5.41) is 0. The molecule has 1 fully saturated rings. The molecule has 0 saturated heterocycles. The summed E-state index contributed by atoms with van der Waals surface area (Å²) in [5.74, 6) is 0. The van der Waals surface area contributed by atoms with Crippen LogP contribution in [0, 0.1) is 12.1 Å². The van der Waals surface area contributed by atoms with Gasteiger partial charge in [-0.3, -0.25) is 6.08 Å². The van der Waals surface area contributed by atoms with Gasteiger partial charge in [0.25, 0.3) is 0 Å². The number of hydrogen-bond donors (Lipinski definition) is 0. The molecule has 0 nitrogen and oxygen atoms in total. The summed E-state index contributed by atoms with van der Waals surface area (Å²) in [6.45, 7) is 13.6. The summed E-state index contributed by atoms with van der Waals surface area (Å²) in [5.41, 5.74) is 8.76. The average Bonchev–Trinajstić information content (AvgIpc) is 3.44. The van der Waals surface area contributed by atoms with Crippen molar-refractivity contribution in [3.8, 4) is 11.1 Å². The summed E-state index contributed by atoms with van der Waals surface area (Å²) in [7, 11) is 0. The van der Waals surface area contributed by atoms with Crippen LogP contribution in [0.4, 0.5) is 0 Å². The van der Waals surface area contributed by atoms with E-state index in [0.717, 1.165) is 12.8 Å². The molecule has 188 valence electrons. The molecule has 5 rings (SSSR count). The van der Waals surface area contributed by atoms with Crippen LogP contribution >= 0.6 is 0 Å². The Morgan fingerprint density at radius 2 is 1.43 bits per heavy atom. The van der Waals surface area contributed by atoms with Crippen LogP contribution < -0.4 is 34.0 Å². The summed E-state index contributed by atoms with van der Waals surface area (Å²) >= 11 is 1.69. The van der Waals surface area contributed by atoms with E-state index in [1.807, 2.05) is 12.2 Å². The van der Waals surface area contributed by atoms with Crippen molar-refractivity contribution in [2.24, 2.45) is 0 Å². The van der Waals surface area contributed by atoms with E-state index in [4.69, 9.17) is 0 Å². The molecule has 0 N–H and O–H groups in total. The first-order valence-corrected chi connectivity index (χ1v) is 13.8. The van der Waals surface area contributed by atoms with Gasteiger partial charge in [0, 0.05) is 0 Å². The summed E-state index contributed by atoms with van der Waals surface area (Å²) < 4.78 is 1.80. The Kier molecular flexibility index (Phi) is 13.6. The fourth-order valence-corrected chi connectivity index (χ4v) is 5.17. The first-order valence-electron chi connectivity index (χ1n) is 12.5. The second-order valence-corrected chi connectivity index (χ2v) is 13.2. The predicted molar refractivity (Wildman–Crippen MR) is 141 cm³/mol. The Morgan fingerprint density at radius 1 is 0.800 bits per heavy atom. The van der Waals surface area contributed by atoms with Crippen LogP contribution in [0.5, 0.6) is 0 Å². The van der Waals surface area contributed by atoms with Crippen molar-refractivity contribution in [2.45, 2.75) is 97.3 Å². The molecule has 0 bridgehead atoms. The molecule has 3 aliphatic rings. The maximum atomic E-state index is 3.53. The van der Waals surface area contributed by atoms with Gasteiger partial charge in [0.05, 0.1) is 0 Å². The van der Waals surface area contributed by atoms with Crippen molar-refractivity contribution in [2.75, 3.05) is 0 Å². The Balaban J connectivity index is 0.000000360. The van der Waals surface area contributed by atoms with Crippen LogP contribution in [0.3, 0.4) is 0 Å². The first-order chi connectivity index (χ1) is 15.6. The zero-order valence-corrected chi connectivity index (χ0v) is 28.0. The monoisotopic (exact) mass is 672 g/mol. The second-order valence-electron chi connectivity index (χ2n) is 11.5. The van der Waals surface area contributed by atoms with Gasteiger partial charge in [0.15, 0.2) is 0 Å². The van der Waals surface area contributed by atoms with Crippen LogP contribution in [0.1, 0.15) is 102 Å². The SMILES string of the molecule is CC(C)(C)c1c[c-]c2c(c1)-c1cc(C(C)(C)C)ccc1C2.[Br-].[Br-].[C-]1=CC=CC1.[Zr+2]=[C]1CCCCC1. The molecule has 0 aliphatic heterocycles. The van der Waals surface area contributed by atoms with Crippen LogP contribution in [0.15, 0.2) is 48.6 Å². The van der Waals surface area contributed by atoms with E-state index >= 15 is 0 Å². The quantitative estimate of drug-likeness (QED) is 0.322. The molecule has 0 aromatic heterocycles. The number of hydrogen-bond acceptors (Lipinski definition) is 0. The van der Waals surface area contributed by atoms with E-state index in [-0.39, 0.29) is 44.8 Å². The van der Waals surface area contributed by atoms with Crippen molar-refractivity contribution in [3.05, 3.63) is 83.0 Å². The third kappa shape index (κ3) is 9.79. The van der Waals surface area contributed by atoms with Crippen LogP contribution in [-0.2, 0) is 41.5 Å². The molecule has 35 heavy (non-hydrogen) atoms. The van der Waals surface area contributed by atoms with E-state index < -0.39 is 0 Å². The molecule has 0 radical (unpaired) electrons. The number of fused-ring (bicyclic) bond motifs is 3. The van der Waals surface area contributed by atoms with Gasteiger partial charge in [-0.05, 0) is 17.4 Å². The molecular weight excluding hydrogens is 635 g/mol. The van der Waals surface area contributed by atoms with Gasteiger partial charge < -0.3 is 34.0 Å². The summed E-state index contributed by atoms with van der Waals surface area (Å²) in [6.07, 6.45) is 18.3. The molecule has 0 amide bonds. The minimum absolute atomic E-state index is 0. The average molecular weight is 676 g/mol. The fourth-order valence-electron chi connectivity index (χ4n) is 4.30. The molecule has 0 spiro atoms. The van der Waals surface area contributed by atoms with Gasteiger partial charge in [-0.25, -0.2) is 12.2 Å². The molecule has 0 unspecified atom stereocenters. The van der Waals surface area contributed by atoms with Gasteiger partial charge in [-0.1, -0.05) is 76.3 Å². The Morgan fingerprint density at radius 3 is 1.89 bits per heavy atom. The minimum atomic E-state index is 0. The van der Waals surface area contributed by atoms with E-state index in [1.165, 1.54) is 65.5 Å². The Hall–Kier alpha value is -0.367. The van der Waals surface area contributed by atoms with Crippen molar-refractivity contribution in [1.29, 1.82) is 0 Å². The van der Waals surface area contributed by atoms with E-state index in [9.17, 15) is 0 Å². The van der Waals surface area contributed by atoms with Crippen molar-refractivity contribution in [1.82, 2.24) is 0 Å². The zero-order chi connectivity index (χ0) is 24.1. The Labute approximate surface area is 250 Å². The molecule has 3 aliphatic carbocycles. The normalized spacial score (nSPS) is 15.5. The number of benzene rings is 2. The second kappa shape index (κ2) is 14.5. The van der Waals surface area contributed by atoms with Gasteiger partial charge in [-0.15, -0.1) is 12.0 Å². The third-order valence-electron chi connectivity index (χ3n) is 6.57. The first kappa shape index (κ1) is 32.7. The van der Waals surface area contributed by atoms with Crippen LogP contribution in [-0.4, -0.2) is 3.21 Å². The van der Waals surface area contributed by atoms with Gasteiger partial charge in [0.2, 0.25) is 0 Å². The van der Waals surface area contributed by atoms with E-state index in [2.05, 4.69) is 90.1 Å². The van der Waals surface area contributed by atoms with Crippen LogP contribution in [0.2, 0.25) is 0 Å². The number of allylic oxidation sites excluding steroid dienone is 4. The topological polar surface area (TPSA) is 0 Å². The van der Waals surface area contributed by atoms with Crippen molar-refractivity contribution in [3.63, 3.8) is 0 Å². The zero-order valence-electron chi connectivity index (χ0n) is 22.3. The molecule has 2 aromatic carbocycles. The van der Waals surface area contributed by atoms with Gasteiger partial charge in [-0.2, -0.15) is 35.4 Å².